The zero-order valence-electron chi connectivity index (χ0n) is 19.8. The minimum Gasteiger partial charge on any atom is -0.354 e. The maximum atomic E-state index is 13.5. The predicted molar refractivity (Wildman–Crippen MR) is 133 cm³/mol. The molecule has 0 aliphatic carbocycles. The maximum Gasteiger partial charge on any atom is 0.244 e. The summed E-state index contributed by atoms with van der Waals surface area (Å²) in [6.45, 7) is 7.55. The third-order valence-corrected chi connectivity index (χ3v) is 6.99. The van der Waals surface area contributed by atoms with E-state index in [1.165, 1.54) is 11.0 Å². The van der Waals surface area contributed by atoms with Gasteiger partial charge in [0.25, 0.3) is 0 Å². The van der Waals surface area contributed by atoms with E-state index in [9.17, 15) is 18.0 Å². The number of carbonyl (C=O) groups is 2. The van der Waals surface area contributed by atoms with Gasteiger partial charge in [-0.3, -0.25) is 13.9 Å². The minimum atomic E-state index is -3.79. The van der Waals surface area contributed by atoms with E-state index in [-0.39, 0.29) is 12.5 Å². The average Bonchev–Trinajstić information content (AvgIpc) is 2.75. The molecule has 180 valence electrons. The predicted octanol–water partition coefficient (Wildman–Crippen LogP) is 3.67. The van der Waals surface area contributed by atoms with Crippen molar-refractivity contribution < 1.29 is 18.0 Å². The molecule has 0 saturated carbocycles. The van der Waals surface area contributed by atoms with Gasteiger partial charge in [0.1, 0.15) is 12.6 Å². The average molecular weight is 494 g/mol. The van der Waals surface area contributed by atoms with E-state index in [1.807, 2.05) is 45.0 Å². The zero-order valence-corrected chi connectivity index (χ0v) is 21.3. The molecule has 2 aromatic carbocycles. The Morgan fingerprint density at radius 2 is 1.76 bits per heavy atom. The van der Waals surface area contributed by atoms with Crippen LogP contribution in [0, 0.1) is 13.8 Å². The fourth-order valence-corrected chi connectivity index (χ4v) is 4.32. The molecule has 0 radical (unpaired) electrons. The number of sulfonamides is 1. The second kappa shape index (κ2) is 11.5. The van der Waals surface area contributed by atoms with Crippen LogP contribution < -0.4 is 9.62 Å². The summed E-state index contributed by atoms with van der Waals surface area (Å²) in [5, 5.41) is 3.22. The van der Waals surface area contributed by atoms with E-state index < -0.39 is 28.5 Å². The number of hydrogen-bond donors (Lipinski definition) is 1. The van der Waals surface area contributed by atoms with Crippen LogP contribution in [-0.4, -0.2) is 50.5 Å². The molecule has 1 N–H and O–H groups in total. The van der Waals surface area contributed by atoms with Crippen LogP contribution in [0.4, 0.5) is 5.69 Å². The van der Waals surface area contributed by atoms with Crippen LogP contribution >= 0.6 is 11.6 Å². The first-order chi connectivity index (χ1) is 15.5. The zero-order chi connectivity index (χ0) is 24.8. The van der Waals surface area contributed by atoms with E-state index in [1.54, 1.807) is 19.1 Å². The molecule has 0 bridgehead atoms. The number of nitrogens with one attached hydrogen (secondary N) is 1. The highest BCUT2D eigenvalue weighted by molar-refractivity contribution is 7.92. The molecule has 1 unspecified atom stereocenters. The van der Waals surface area contributed by atoms with Gasteiger partial charge in [-0.15, -0.1) is 0 Å². The summed E-state index contributed by atoms with van der Waals surface area (Å²) in [5.41, 5.74) is 2.94. The normalized spacial score (nSPS) is 12.2. The van der Waals surface area contributed by atoms with Gasteiger partial charge in [-0.25, -0.2) is 8.42 Å². The Balaban J connectivity index is 2.40. The molecule has 0 spiro atoms. The van der Waals surface area contributed by atoms with Gasteiger partial charge in [0.15, 0.2) is 0 Å². The number of nitrogens with zero attached hydrogens (tertiary/aromatic N) is 2. The lowest BCUT2D eigenvalue weighted by Crippen LogP contribution is -2.51. The number of amides is 2. The molecular formula is C24H32ClN3O4S. The smallest absolute Gasteiger partial charge is 0.244 e. The van der Waals surface area contributed by atoms with Gasteiger partial charge in [0.05, 0.1) is 11.9 Å². The van der Waals surface area contributed by atoms with Crippen LogP contribution in [0.15, 0.2) is 42.5 Å². The monoisotopic (exact) mass is 493 g/mol. The van der Waals surface area contributed by atoms with Crippen molar-refractivity contribution in [1.29, 1.82) is 0 Å². The molecule has 1 atom stereocenters. The lowest BCUT2D eigenvalue weighted by molar-refractivity contribution is -0.139. The number of aryl methyl sites for hydroxylation is 2. The van der Waals surface area contributed by atoms with Gasteiger partial charge in [0.2, 0.25) is 21.8 Å². The van der Waals surface area contributed by atoms with E-state index in [0.717, 1.165) is 33.7 Å². The van der Waals surface area contributed by atoms with Gasteiger partial charge in [-0.1, -0.05) is 48.9 Å². The lowest BCUT2D eigenvalue weighted by atomic mass is 10.1. The summed E-state index contributed by atoms with van der Waals surface area (Å²) < 4.78 is 26.2. The number of carbonyl (C=O) groups excluding carboxylic acids is 2. The van der Waals surface area contributed by atoms with Gasteiger partial charge in [-0.05, 0) is 56.0 Å². The first kappa shape index (κ1) is 26.7. The highest BCUT2D eigenvalue weighted by Gasteiger charge is 2.30. The summed E-state index contributed by atoms with van der Waals surface area (Å²) in [4.78, 5) is 27.6. The first-order valence-corrected chi connectivity index (χ1v) is 13.0. The molecule has 2 amide bonds. The van der Waals surface area contributed by atoms with Crippen LogP contribution in [0.2, 0.25) is 5.02 Å². The Labute approximate surface area is 201 Å². The van der Waals surface area contributed by atoms with Crippen molar-refractivity contribution in [2.24, 2.45) is 0 Å². The van der Waals surface area contributed by atoms with Crippen molar-refractivity contribution in [3.8, 4) is 0 Å². The Bertz CT molecular complexity index is 1100. The Morgan fingerprint density at radius 1 is 1.09 bits per heavy atom. The summed E-state index contributed by atoms with van der Waals surface area (Å²) in [6, 6.07) is 11.6. The first-order valence-electron chi connectivity index (χ1n) is 10.8. The van der Waals surface area contributed by atoms with Crippen LogP contribution in [0.3, 0.4) is 0 Å². The lowest BCUT2D eigenvalue weighted by Gasteiger charge is -2.32. The summed E-state index contributed by atoms with van der Waals surface area (Å²) >= 11 is 6.20. The van der Waals surface area contributed by atoms with E-state index in [0.29, 0.717) is 17.3 Å². The van der Waals surface area contributed by atoms with Crippen molar-refractivity contribution in [3.05, 3.63) is 64.2 Å². The van der Waals surface area contributed by atoms with Gasteiger partial charge in [0, 0.05) is 18.1 Å². The SMILES string of the molecule is CCCNC(=O)C(C)N(Cc1ccccc1C)C(=O)CN(c1ccc(C)c(Cl)c1)S(C)(=O)=O. The molecule has 33 heavy (non-hydrogen) atoms. The van der Waals surface area contributed by atoms with Crippen molar-refractivity contribution >= 4 is 39.1 Å². The van der Waals surface area contributed by atoms with Crippen LogP contribution in [0.5, 0.6) is 0 Å². The molecule has 9 heteroatoms. The molecular weight excluding hydrogens is 462 g/mol. The second-order valence-electron chi connectivity index (χ2n) is 8.12. The number of rotatable bonds is 10. The Morgan fingerprint density at radius 3 is 2.33 bits per heavy atom. The molecule has 7 nitrogen and oxygen atoms in total. The molecule has 0 saturated heterocycles. The summed E-state index contributed by atoms with van der Waals surface area (Å²) in [7, 11) is -3.79. The van der Waals surface area contributed by atoms with E-state index in [4.69, 9.17) is 11.6 Å². The number of anilines is 1. The van der Waals surface area contributed by atoms with Crippen molar-refractivity contribution in [2.45, 2.75) is 46.7 Å². The van der Waals surface area contributed by atoms with Crippen molar-refractivity contribution in [1.82, 2.24) is 10.2 Å². The highest BCUT2D eigenvalue weighted by atomic mass is 35.5. The van der Waals surface area contributed by atoms with E-state index >= 15 is 0 Å². The molecule has 0 aliphatic heterocycles. The summed E-state index contributed by atoms with van der Waals surface area (Å²) in [6.07, 6.45) is 1.80. The van der Waals surface area contributed by atoms with Crippen LogP contribution in [-0.2, 0) is 26.2 Å². The summed E-state index contributed by atoms with van der Waals surface area (Å²) in [5.74, 6) is -0.775. The quantitative estimate of drug-likeness (QED) is 0.547. The molecule has 0 aromatic heterocycles. The van der Waals surface area contributed by atoms with Crippen molar-refractivity contribution in [3.63, 3.8) is 0 Å². The topological polar surface area (TPSA) is 86.8 Å². The minimum absolute atomic E-state index is 0.179. The Kier molecular flexibility index (Phi) is 9.31. The third kappa shape index (κ3) is 7.20. The largest absolute Gasteiger partial charge is 0.354 e. The molecule has 0 aliphatic rings. The molecule has 2 aromatic rings. The molecule has 0 fully saturated rings. The molecule has 2 rings (SSSR count). The van der Waals surface area contributed by atoms with Gasteiger partial charge >= 0.3 is 0 Å². The highest BCUT2D eigenvalue weighted by Crippen LogP contribution is 2.25. The number of halogens is 1. The van der Waals surface area contributed by atoms with E-state index in [2.05, 4.69) is 5.32 Å². The van der Waals surface area contributed by atoms with Gasteiger partial charge in [-0.2, -0.15) is 0 Å². The van der Waals surface area contributed by atoms with Crippen LogP contribution in [0.1, 0.15) is 37.0 Å². The fraction of sp³-hybridized carbons (Fsp3) is 0.417. The standard InChI is InChI=1S/C24H32ClN3O4S/c1-6-13-26-24(30)19(4)27(15-20-10-8-7-9-17(20)2)23(29)16-28(33(5,31)32)21-12-11-18(3)22(25)14-21/h7-12,14,19H,6,13,15-16H2,1-5H3,(H,26,30). The molecule has 0 heterocycles. The maximum absolute atomic E-state index is 13.5. The number of hydrogen-bond acceptors (Lipinski definition) is 4. The Hall–Kier alpha value is -2.58. The van der Waals surface area contributed by atoms with Gasteiger partial charge < -0.3 is 10.2 Å². The fourth-order valence-electron chi connectivity index (χ4n) is 3.30. The number of benzene rings is 2. The second-order valence-corrected chi connectivity index (χ2v) is 10.4. The van der Waals surface area contributed by atoms with Crippen molar-refractivity contribution in [2.75, 3.05) is 23.7 Å². The third-order valence-electron chi connectivity index (χ3n) is 5.44. The van der Waals surface area contributed by atoms with Crippen LogP contribution in [0.25, 0.3) is 0 Å².